The largest absolute Gasteiger partial charge is 0.385 e. The lowest BCUT2D eigenvalue weighted by molar-refractivity contribution is 0.560. The molecule has 0 aliphatic rings. The summed E-state index contributed by atoms with van der Waals surface area (Å²) < 4.78 is 29.2. The zero-order valence-corrected chi connectivity index (χ0v) is 24.9. The number of sulfonamides is 1. The summed E-state index contributed by atoms with van der Waals surface area (Å²) in [7, 11) is -3.78. The van der Waals surface area contributed by atoms with Gasteiger partial charge in [0, 0.05) is 23.0 Å². The number of fused-ring (bicyclic) bond motifs is 1. The van der Waals surface area contributed by atoms with Gasteiger partial charge in [0.2, 0.25) is 0 Å². The molecule has 0 radical (unpaired) electrons. The molecule has 0 spiro atoms. The van der Waals surface area contributed by atoms with E-state index >= 15 is 0 Å². The molecule has 0 fully saturated rings. The van der Waals surface area contributed by atoms with Crippen LogP contribution in [0.4, 0.5) is 22.7 Å². The SMILES string of the molecule is CCCCCCCCCCCCNc1ccc(NS(=O)(=O)c2ccc(/N=N/c3ccccc3)cc2)c2ccccc12. The maximum atomic E-state index is 13.2. The molecule has 0 heterocycles. The fourth-order valence-corrected chi connectivity index (χ4v) is 5.96. The monoisotopic (exact) mass is 570 g/mol. The van der Waals surface area contributed by atoms with Crippen molar-refractivity contribution in [3.8, 4) is 0 Å². The van der Waals surface area contributed by atoms with Crippen molar-refractivity contribution in [3.63, 3.8) is 0 Å². The van der Waals surface area contributed by atoms with Gasteiger partial charge in [-0.15, -0.1) is 0 Å². The highest BCUT2D eigenvalue weighted by atomic mass is 32.2. The first-order valence-corrected chi connectivity index (χ1v) is 16.4. The van der Waals surface area contributed by atoms with E-state index in [9.17, 15) is 8.42 Å². The van der Waals surface area contributed by atoms with Crippen LogP contribution < -0.4 is 10.0 Å². The van der Waals surface area contributed by atoms with Crippen LogP contribution >= 0.6 is 0 Å². The fraction of sp³-hybridized carbons (Fsp3) is 0.353. The van der Waals surface area contributed by atoms with Gasteiger partial charge in [0.15, 0.2) is 0 Å². The molecule has 0 bridgehead atoms. The predicted octanol–water partition coefficient (Wildman–Crippen LogP) is 10.4. The first kappa shape index (κ1) is 30.3. The summed E-state index contributed by atoms with van der Waals surface area (Å²) in [5.74, 6) is 0. The average Bonchev–Trinajstić information content (AvgIpc) is 3.00. The second kappa shape index (κ2) is 15.9. The predicted molar refractivity (Wildman–Crippen MR) is 172 cm³/mol. The first-order valence-electron chi connectivity index (χ1n) is 14.9. The molecular weight excluding hydrogens is 528 g/mol. The Bertz CT molecular complexity index is 1490. The zero-order chi connectivity index (χ0) is 28.8. The molecule has 41 heavy (non-hydrogen) atoms. The van der Waals surface area contributed by atoms with E-state index in [2.05, 4.69) is 27.2 Å². The lowest BCUT2D eigenvalue weighted by Gasteiger charge is -2.15. The van der Waals surface area contributed by atoms with E-state index in [1.807, 2.05) is 66.7 Å². The van der Waals surface area contributed by atoms with Crippen molar-refractivity contribution in [1.82, 2.24) is 0 Å². The highest BCUT2D eigenvalue weighted by molar-refractivity contribution is 7.92. The summed E-state index contributed by atoms with van der Waals surface area (Å²) in [4.78, 5) is 0.170. The number of nitrogens with zero attached hydrogens (tertiary/aromatic N) is 2. The number of anilines is 2. The third kappa shape index (κ3) is 9.42. The lowest BCUT2D eigenvalue weighted by Crippen LogP contribution is -2.13. The van der Waals surface area contributed by atoms with Gasteiger partial charge in [0.25, 0.3) is 10.0 Å². The Morgan fingerprint density at radius 1 is 0.561 bits per heavy atom. The van der Waals surface area contributed by atoms with Crippen LogP contribution in [0.25, 0.3) is 10.8 Å². The van der Waals surface area contributed by atoms with Gasteiger partial charge in [-0.2, -0.15) is 10.2 Å². The minimum atomic E-state index is -3.78. The maximum Gasteiger partial charge on any atom is 0.261 e. The van der Waals surface area contributed by atoms with E-state index < -0.39 is 10.0 Å². The van der Waals surface area contributed by atoms with Crippen LogP contribution in [0.1, 0.15) is 71.1 Å². The number of nitrogens with one attached hydrogen (secondary N) is 2. The maximum absolute atomic E-state index is 13.2. The highest BCUT2D eigenvalue weighted by Crippen LogP contribution is 2.32. The molecule has 4 aromatic carbocycles. The minimum absolute atomic E-state index is 0.170. The summed E-state index contributed by atoms with van der Waals surface area (Å²) in [6.07, 6.45) is 13.1. The van der Waals surface area contributed by atoms with Crippen molar-refractivity contribution in [2.45, 2.75) is 76.0 Å². The molecule has 0 aromatic heterocycles. The quantitative estimate of drug-likeness (QED) is 0.0978. The Balaban J connectivity index is 1.32. The van der Waals surface area contributed by atoms with Crippen LogP contribution in [-0.2, 0) is 10.0 Å². The molecule has 0 atom stereocenters. The van der Waals surface area contributed by atoms with Gasteiger partial charge in [0.1, 0.15) is 0 Å². The van der Waals surface area contributed by atoms with E-state index in [-0.39, 0.29) is 4.90 Å². The van der Waals surface area contributed by atoms with Crippen molar-refractivity contribution in [2.75, 3.05) is 16.6 Å². The summed E-state index contributed by atoms with van der Waals surface area (Å²) in [6, 6.07) is 27.5. The van der Waals surface area contributed by atoms with Gasteiger partial charge >= 0.3 is 0 Å². The number of benzene rings is 4. The second-order valence-electron chi connectivity index (χ2n) is 10.4. The fourth-order valence-electron chi connectivity index (χ4n) is 4.88. The van der Waals surface area contributed by atoms with Gasteiger partial charge in [-0.25, -0.2) is 8.42 Å². The summed E-state index contributed by atoms with van der Waals surface area (Å²) in [5, 5.41) is 13.8. The number of hydrogen-bond donors (Lipinski definition) is 2. The van der Waals surface area contributed by atoms with Gasteiger partial charge in [-0.05, 0) is 55.0 Å². The zero-order valence-electron chi connectivity index (χ0n) is 24.1. The van der Waals surface area contributed by atoms with E-state index in [0.29, 0.717) is 11.4 Å². The van der Waals surface area contributed by atoms with Crippen LogP contribution in [0.15, 0.2) is 106 Å². The number of hydrogen-bond acceptors (Lipinski definition) is 5. The molecule has 2 N–H and O–H groups in total. The van der Waals surface area contributed by atoms with E-state index in [0.717, 1.165) is 35.1 Å². The summed E-state index contributed by atoms with van der Waals surface area (Å²) >= 11 is 0. The van der Waals surface area contributed by atoms with Crippen molar-refractivity contribution in [3.05, 3.63) is 91.0 Å². The van der Waals surface area contributed by atoms with Gasteiger partial charge in [-0.3, -0.25) is 4.72 Å². The Kier molecular flexibility index (Phi) is 11.7. The molecular formula is C34H42N4O2S. The van der Waals surface area contributed by atoms with Crippen LogP contribution in [0.5, 0.6) is 0 Å². The normalized spacial score (nSPS) is 11.7. The molecule has 0 aliphatic heterocycles. The molecule has 216 valence electrons. The molecule has 7 heteroatoms. The Morgan fingerprint density at radius 2 is 1.07 bits per heavy atom. The number of unbranched alkanes of at least 4 members (excludes halogenated alkanes) is 9. The average molecular weight is 571 g/mol. The molecule has 4 rings (SSSR count). The van der Waals surface area contributed by atoms with Crippen molar-refractivity contribution < 1.29 is 8.42 Å². The van der Waals surface area contributed by atoms with Gasteiger partial charge in [0.05, 0.1) is 22.0 Å². The molecule has 0 saturated carbocycles. The molecule has 0 saturated heterocycles. The van der Waals surface area contributed by atoms with Crippen molar-refractivity contribution in [2.24, 2.45) is 10.2 Å². The lowest BCUT2D eigenvalue weighted by atomic mass is 10.1. The molecule has 0 amide bonds. The standard InChI is InChI=1S/C34H42N4O2S/c1-2-3-4-5-6-7-8-9-10-16-27-35-33-25-26-34(32-20-15-14-19-31(32)33)38-41(39,40)30-23-21-29(22-24-30)37-36-28-17-12-11-13-18-28/h11-15,17-26,35,38H,2-10,16,27H2,1H3/b37-36+. The van der Waals surface area contributed by atoms with Gasteiger partial charge < -0.3 is 5.32 Å². The number of rotatable bonds is 17. The van der Waals surface area contributed by atoms with Crippen molar-refractivity contribution in [1.29, 1.82) is 0 Å². The first-order chi connectivity index (χ1) is 20.1. The minimum Gasteiger partial charge on any atom is -0.385 e. The topological polar surface area (TPSA) is 82.9 Å². The third-order valence-corrected chi connectivity index (χ3v) is 8.58. The molecule has 0 unspecified atom stereocenters. The highest BCUT2D eigenvalue weighted by Gasteiger charge is 2.16. The smallest absolute Gasteiger partial charge is 0.261 e. The number of azo groups is 1. The summed E-state index contributed by atoms with van der Waals surface area (Å²) in [6.45, 7) is 3.16. The Hall–Kier alpha value is -3.71. The van der Waals surface area contributed by atoms with E-state index in [1.54, 1.807) is 24.3 Å². The second-order valence-corrected chi connectivity index (χ2v) is 12.1. The molecule has 0 aliphatic carbocycles. The molecule has 6 nitrogen and oxygen atoms in total. The van der Waals surface area contributed by atoms with Crippen LogP contribution in [0.2, 0.25) is 0 Å². The third-order valence-electron chi connectivity index (χ3n) is 7.20. The van der Waals surface area contributed by atoms with Crippen molar-refractivity contribution >= 4 is 43.5 Å². The summed E-state index contributed by atoms with van der Waals surface area (Å²) in [5.41, 5.74) is 2.89. The van der Waals surface area contributed by atoms with Crippen LogP contribution in [0.3, 0.4) is 0 Å². The van der Waals surface area contributed by atoms with Crippen LogP contribution in [0, 0.1) is 0 Å². The van der Waals surface area contributed by atoms with E-state index in [4.69, 9.17) is 0 Å². The van der Waals surface area contributed by atoms with Crippen LogP contribution in [-0.4, -0.2) is 15.0 Å². The molecule has 4 aromatic rings. The van der Waals surface area contributed by atoms with E-state index in [1.165, 1.54) is 57.8 Å². The van der Waals surface area contributed by atoms with Gasteiger partial charge in [-0.1, -0.05) is 107 Å². The Labute approximate surface area is 245 Å². The Morgan fingerprint density at radius 3 is 1.71 bits per heavy atom.